The van der Waals surface area contributed by atoms with Crippen LogP contribution in [-0.4, -0.2) is 42.6 Å². The molecule has 0 aliphatic heterocycles. The van der Waals surface area contributed by atoms with Gasteiger partial charge in [-0.1, -0.05) is 13.8 Å². The van der Waals surface area contributed by atoms with E-state index in [0.717, 1.165) is 0 Å². The number of rotatable bonds is 5. The van der Waals surface area contributed by atoms with Gasteiger partial charge >= 0.3 is 32.3 Å². The number of hydrogen-bond donors (Lipinski definition) is 0. The molecule has 0 aromatic rings. The van der Waals surface area contributed by atoms with Gasteiger partial charge < -0.3 is 0 Å². The summed E-state index contributed by atoms with van der Waals surface area (Å²) in [5.74, 6) is 0. The third-order valence-electron chi connectivity index (χ3n) is 2.33. The molecule has 0 aliphatic rings. The van der Waals surface area contributed by atoms with Crippen LogP contribution in [0.3, 0.4) is 0 Å². The molecular formula is C9H9F12O3P. The predicted octanol–water partition coefficient (Wildman–Crippen LogP) is 5.61. The Hall–Kier alpha value is -0.690. The summed E-state index contributed by atoms with van der Waals surface area (Å²) in [5, 5.41) is 0. The van der Waals surface area contributed by atoms with Gasteiger partial charge in [-0.25, -0.2) is 0 Å². The molecule has 0 saturated heterocycles. The summed E-state index contributed by atoms with van der Waals surface area (Å²) >= 11 is 0. The smallest absolute Gasteiger partial charge is 0.286 e. The number of alkyl halides is 12. The highest BCUT2D eigenvalue weighted by molar-refractivity contribution is 7.54. The Labute approximate surface area is 131 Å². The first kappa shape index (κ1) is 24.3. The standard InChI is InChI=1S/C9H9F12O3P/c1-3(2)25(22,23-4(6(10,11)12)7(13,14)15)24-5(8(16,17)18)9(19,20)21/h3-5H,1-2H3. The minimum absolute atomic E-state index is 0.467. The van der Waals surface area contributed by atoms with Crippen LogP contribution in [0.25, 0.3) is 0 Å². The lowest BCUT2D eigenvalue weighted by Gasteiger charge is -2.32. The molecule has 0 atom stereocenters. The number of halogens is 12. The molecule has 0 amide bonds. The Balaban J connectivity index is 5.97. The fourth-order valence-electron chi connectivity index (χ4n) is 1.17. The van der Waals surface area contributed by atoms with Gasteiger partial charge in [0, 0.05) is 0 Å². The third-order valence-corrected chi connectivity index (χ3v) is 4.60. The monoisotopic (exact) mass is 424 g/mol. The Morgan fingerprint density at radius 2 is 0.800 bits per heavy atom. The molecular weight excluding hydrogens is 415 g/mol. The second-order valence-corrected chi connectivity index (χ2v) is 7.31. The van der Waals surface area contributed by atoms with Crippen molar-refractivity contribution >= 4 is 7.60 Å². The lowest BCUT2D eigenvalue weighted by atomic mass is 10.3. The van der Waals surface area contributed by atoms with E-state index in [1.54, 1.807) is 0 Å². The van der Waals surface area contributed by atoms with E-state index in [9.17, 15) is 57.3 Å². The Morgan fingerprint density at radius 1 is 0.600 bits per heavy atom. The van der Waals surface area contributed by atoms with Crippen molar-refractivity contribution in [1.82, 2.24) is 0 Å². The molecule has 0 saturated carbocycles. The van der Waals surface area contributed by atoms with Gasteiger partial charge in [-0.3, -0.25) is 13.6 Å². The maximum absolute atomic E-state index is 12.3. The molecule has 0 aromatic carbocycles. The molecule has 16 heteroatoms. The fourth-order valence-corrected chi connectivity index (χ4v) is 2.77. The molecule has 25 heavy (non-hydrogen) atoms. The van der Waals surface area contributed by atoms with Crippen LogP contribution in [0.1, 0.15) is 13.8 Å². The predicted molar refractivity (Wildman–Crippen MR) is 56.7 cm³/mol. The quantitative estimate of drug-likeness (QED) is 0.426. The van der Waals surface area contributed by atoms with Crippen LogP contribution < -0.4 is 0 Å². The molecule has 0 bridgehead atoms. The molecule has 0 spiro atoms. The first-order chi connectivity index (χ1) is 10.6. The van der Waals surface area contributed by atoms with Crippen LogP contribution in [0.4, 0.5) is 52.7 Å². The minimum Gasteiger partial charge on any atom is -0.286 e. The van der Waals surface area contributed by atoms with Crippen molar-refractivity contribution in [1.29, 1.82) is 0 Å². The Kier molecular flexibility index (Phi) is 6.94. The molecule has 152 valence electrons. The summed E-state index contributed by atoms with van der Waals surface area (Å²) in [4.78, 5) is 0. The summed E-state index contributed by atoms with van der Waals surface area (Å²) in [7, 11) is -6.17. The molecule has 3 nitrogen and oxygen atoms in total. The van der Waals surface area contributed by atoms with E-state index in [1.165, 1.54) is 0 Å². The summed E-state index contributed by atoms with van der Waals surface area (Å²) in [5.41, 5.74) is -2.19. The van der Waals surface area contributed by atoms with Crippen molar-refractivity contribution in [3.05, 3.63) is 0 Å². The maximum Gasteiger partial charge on any atom is 0.424 e. The zero-order valence-corrected chi connectivity index (χ0v) is 12.8. The zero-order valence-electron chi connectivity index (χ0n) is 11.9. The van der Waals surface area contributed by atoms with Gasteiger partial charge in [0.05, 0.1) is 5.66 Å². The lowest BCUT2D eigenvalue weighted by Crippen LogP contribution is -2.47. The first-order valence-electron chi connectivity index (χ1n) is 5.85. The van der Waals surface area contributed by atoms with E-state index in [-0.39, 0.29) is 0 Å². The van der Waals surface area contributed by atoms with Crippen LogP contribution in [0.2, 0.25) is 0 Å². The highest BCUT2D eigenvalue weighted by atomic mass is 31.2. The van der Waals surface area contributed by atoms with Crippen molar-refractivity contribution in [2.24, 2.45) is 0 Å². The molecule has 0 fully saturated rings. The maximum atomic E-state index is 12.3. The van der Waals surface area contributed by atoms with E-state index in [4.69, 9.17) is 0 Å². The van der Waals surface area contributed by atoms with Gasteiger partial charge in [-0.15, -0.1) is 0 Å². The second-order valence-electron chi connectivity index (χ2n) is 4.77. The minimum atomic E-state index is -6.32. The first-order valence-corrected chi connectivity index (χ1v) is 7.47. The Morgan fingerprint density at radius 3 is 0.920 bits per heavy atom. The largest absolute Gasteiger partial charge is 0.424 e. The third kappa shape index (κ3) is 6.85. The zero-order chi connectivity index (χ0) is 20.6. The van der Waals surface area contributed by atoms with E-state index >= 15 is 0 Å². The average Bonchev–Trinajstić information content (AvgIpc) is 2.27. The molecule has 0 aliphatic carbocycles. The van der Waals surface area contributed by atoms with E-state index in [1.807, 2.05) is 0 Å². The lowest BCUT2D eigenvalue weighted by molar-refractivity contribution is -0.314. The summed E-state index contributed by atoms with van der Waals surface area (Å²) < 4.78 is 166. The highest BCUT2D eigenvalue weighted by Gasteiger charge is 2.64. The van der Waals surface area contributed by atoms with Crippen molar-refractivity contribution in [2.45, 2.75) is 56.4 Å². The van der Waals surface area contributed by atoms with Crippen molar-refractivity contribution in [3.8, 4) is 0 Å². The molecule has 0 N–H and O–H groups in total. The van der Waals surface area contributed by atoms with Crippen molar-refractivity contribution in [2.75, 3.05) is 0 Å². The van der Waals surface area contributed by atoms with Crippen LogP contribution in [0.15, 0.2) is 0 Å². The van der Waals surface area contributed by atoms with Gasteiger partial charge in [0.2, 0.25) is 0 Å². The van der Waals surface area contributed by atoms with Gasteiger partial charge in [0.1, 0.15) is 0 Å². The molecule has 0 unspecified atom stereocenters. The summed E-state index contributed by atoms with van der Waals surface area (Å²) in [6, 6.07) is 0. The molecule has 0 rings (SSSR count). The van der Waals surface area contributed by atoms with E-state index < -0.39 is 50.2 Å². The van der Waals surface area contributed by atoms with Crippen LogP contribution >= 0.6 is 7.60 Å². The van der Waals surface area contributed by atoms with Gasteiger partial charge in [0.15, 0.2) is 0 Å². The van der Waals surface area contributed by atoms with Gasteiger partial charge in [0.25, 0.3) is 12.2 Å². The Bertz CT molecular complexity index is 422. The van der Waals surface area contributed by atoms with Gasteiger partial charge in [-0.2, -0.15) is 52.7 Å². The van der Waals surface area contributed by atoms with Crippen molar-refractivity contribution in [3.63, 3.8) is 0 Å². The van der Waals surface area contributed by atoms with Gasteiger partial charge in [-0.05, 0) is 0 Å². The van der Waals surface area contributed by atoms with E-state index in [2.05, 4.69) is 9.05 Å². The molecule has 0 radical (unpaired) electrons. The average molecular weight is 424 g/mol. The van der Waals surface area contributed by atoms with Crippen molar-refractivity contribution < 1.29 is 66.3 Å². The van der Waals surface area contributed by atoms with E-state index in [0.29, 0.717) is 13.8 Å². The molecule has 0 heterocycles. The highest BCUT2D eigenvalue weighted by Crippen LogP contribution is 2.60. The summed E-state index contributed by atoms with van der Waals surface area (Å²) in [6.45, 7) is 0.933. The second kappa shape index (κ2) is 7.14. The normalized spacial score (nSPS) is 15.6. The SMILES string of the molecule is CC(C)P(=O)(OC(C(F)(F)F)C(F)(F)F)OC(C(F)(F)F)C(F)(F)F. The van der Waals surface area contributed by atoms with Crippen LogP contribution in [-0.2, 0) is 13.6 Å². The fraction of sp³-hybridized carbons (Fsp3) is 1.00. The topological polar surface area (TPSA) is 35.5 Å². The van der Waals surface area contributed by atoms with Crippen LogP contribution in [0.5, 0.6) is 0 Å². The summed E-state index contributed by atoms with van der Waals surface area (Å²) in [6.07, 6.45) is -35.1. The number of hydrogen-bond acceptors (Lipinski definition) is 3. The van der Waals surface area contributed by atoms with Crippen LogP contribution in [0, 0.1) is 0 Å². The molecule has 0 aromatic heterocycles.